The van der Waals surface area contributed by atoms with Gasteiger partial charge in [0.05, 0.1) is 12.6 Å². The molecule has 3 heterocycles. The van der Waals surface area contributed by atoms with Gasteiger partial charge in [-0.25, -0.2) is 15.1 Å². The van der Waals surface area contributed by atoms with Crippen LogP contribution in [0.3, 0.4) is 0 Å². The molecule has 3 rings (SSSR count). The maximum Gasteiger partial charge on any atom is 0.418 e. The van der Waals surface area contributed by atoms with Crippen molar-refractivity contribution in [3.63, 3.8) is 0 Å². The summed E-state index contributed by atoms with van der Waals surface area (Å²) in [5.41, 5.74) is 1.81. The van der Waals surface area contributed by atoms with E-state index < -0.39 is 40.0 Å². The summed E-state index contributed by atoms with van der Waals surface area (Å²) in [6.07, 6.45) is 1.08. The molecule has 34 heavy (non-hydrogen) atoms. The van der Waals surface area contributed by atoms with Crippen molar-refractivity contribution in [3.05, 3.63) is 0 Å². The van der Waals surface area contributed by atoms with Crippen LogP contribution < -0.4 is 5.48 Å². The predicted octanol–water partition coefficient (Wildman–Crippen LogP) is -0.0200. The molecule has 0 aliphatic carbocycles. The zero-order valence-corrected chi connectivity index (χ0v) is 20.5. The standard InChI is InChI=1S/C19H33N5O9S/c1-19(2,3)32-18(27)22-8-4-7-21(9-10-22)11-12-31-20-16(25)15-6-5-14-13-23(15)17(26)24(14)33-34(28,29)30/h14-15H,4-13H2,1-3H3,(H,20,25)(H,28,29,30)/t14-,15+/m1/s1. The highest BCUT2D eigenvalue weighted by Crippen LogP contribution is 2.30. The van der Waals surface area contributed by atoms with Gasteiger partial charge in [-0.15, -0.1) is 4.28 Å². The summed E-state index contributed by atoms with van der Waals surface area (Å²) < 4.78 is 40.5. The van der Waals surface area contributed by atoms with Crippen molar-refractivity contribution in [1.29, 1.82) is 0 Å². The van der Waals surface area contributed by atoms with Gasteiger partial charge >= 0.3 is 22.5 Å². The summed E-state index contributed by atoms with van der Waals surface area (Å²) in [6, 6.07) is -2.21. The van der Waals surface area contributed by atoms with Crippen molar-refractivity contribution in [2.75, 3.05) is 45.9 Å². The molecule has 0 saturated carbocycles. The SMILES string of the molecule is CC(C)(C)OC(=O)N1CCCN(CCONC(=O)[C@@H]2CC[C@@H]3CN2C(=O)N3OS(=O)(=O)O)CC1. The van der Waals surface area contributed by atoms with Crippen LogP contribution >= 0.6 is 0 Å². The Labute approximate surface area is 198 Å². The molecule has 2 N–H and O–H groups in total. The van der Waals surface area contributed by atoms with Crippen molar-refractivity contribution in [1.82, 2.24) is 25.2 Å². The van der Waals surface area contributed by atoms with Gasteiger partial charge in [0.25, 0.3) is 5.91 Å². The van der Waals surface area contributed by atoms with Crippen LogP contribution in [0.4, 0.5) is 9.59 Å². The third kappa shape index (κ3) is 7.15. The summed E-state index contributed by atoms with van der Waals surface area (Å²) in [4.78, 5) is 47.5. The number of piperidine rings is 1. The smallest absolute Gasteiger partial charge is 0.418 e. The second-order valence-electron chi connectivity index (χ2n) is 9.49. The number of rotatable bonds is 7. The molecule has 3 aliphatic heterocycles. The summed E-state index contributed by atoms with van der Waals surface area (Å²) in [5, 5.41) is 0.587. The maximum absolute atomic E-state index is 12.5. The molecule has 194 valence electrons. The molecular formula is C19H33N5O9S. The number of ether oxygens (including phenoxy) is 1. The van der Waals surface area contributed by atoms with Gasteiger partial charge in [0, 0.05) is 32.7 Å². The lowest BCUT2D eigenvalue weighted by molar-refractivity contribution is -0.139. The number of urea groups is 1. The second kappa shape index (κ2) is 10.6. The van der Waals surface area contributed by atoms with Gasteiger partial charge in [-0.05, 0) is 46.6 Å². The van der Waals surface area contributed by atoms with Gasteiger partial charge in [0.1, 0.15) is 11.6 Å². The summed E-state index contributed by atoms with van der Waals surface area (Å²) in [7, 11) is -4.84. The molecule has 0 spiro atoms. The fourth-order valence-electron chi connectivity index (χ4n) is 4.17. The van der Waals surface area contributed by atoms with E-state index in [1.54, 1.807) is 4.90 Å². The number of carbonyl (C=O) groups is 3. The Morgan fingerprint density at radius 3 is 2.56 bits per heavy atom. The van der Waals surface area contributed by atoms with Gasteiger partial charge in [-0.3, -0.25) is 19.1 Å². The Bertz CT molecular complexity index is 878. The number of hydrogen-bond donors (Lipinski definition) is 2. The topological polar surface area (TPSA) is 158 Å². The van der Waals surface area contributed by atoms with Crippen LogP contribution in [0.25, 0.3) is 0 Å². The third-order valence-electron chi connectivity index (χ3n) is 5.72. The number of hydrogen-bond acceptors (Lipinski definition) is 9. The lowest BCUT2D eigenvalue weighted by Crippen LogP contribution is -2.50. The van der Waals surface area contributed by atoms with Gasteiger partial charge < -0.3 is 14.5 Å². The zero-order valence-electron chi connectivity index (χ0n) is 19.6. The highest BCUT2D eigenvalue weighted by molar-refractivity contribution is 7.80. The highest BCUT2D eigenvalue weighted by atomic mass is 32.3. The Morgan fingerprint density at radius 2 is 1.88 bits per heavy atom. The number of nitrogens with zero attached hydrogens (tertiary/aromatic N) is 4. The first kappa shape index (κ1) is 26.4. The first-order chi connectivity index (χ1) is 15.8. The number of fused-ring (bicyclic) bond motifs is 2. The first-order valence-electron chi connectivity index (χ1n) is 11.2. The van der Waals surface area contributed by atoms with E-state index in [2.05, 4.69) is 14.7 Å². The lowest BCUT2D eigenvalue weighted by Gasteiger charge is -2.29. The van der Waals surface area contributed by atoms with Crippen LogP contribution in [0.5, 0.6) is 0 Å². The first-order valence-corrected chi connectivity index (χ1v) is 12.6. The Morgan fingerprint density at radius 1 is 1.15 bits per heavy atom. The summed E-state index contributed by atoms with van der Waals surface area (Å²) in [5.74, 6) is -0.521. The molecule has 0 aromatic rings. The maximum atomic E-state index is 12.5. The minimum Gasteiger partial charge on any atom is -0.444 e. The van der Waals surface area contributed by atoms with Gasteiger partial charge in [-0.1, -0.05) is 0 Å². The zero-order chi connectivity index (χ0) is 25.1. The molecule has 0 unspecified atom stereocenters. The third-order valence-corrected chi connectivity index (χ3v) is 6.07. The van der Waals surface area contributed by atoms with Crippen LogP contribution in [0.2, 0.25) is 0 Å². The average molecular weight is 508 g/mol. The Kier molecular flexibility index (Phi) is 8.23. The van der Waals surface area contributed by atoms with E-state index in [4.69, 9.17) is 14.1 Å². The van der Waals surface area contributed by atoms with E-state index in [0.717, 1.165) is 13.0 Å². The number of amides is 4. The average Bonchev–Trinajstić information content (AvgIpc) is 2.89. The van der Waals surface area contributed by atoms with E-state index in [-0.39, 0.29) is 19.2 Å². The molecule has 3 aliphatic rings. The van der Waals surface area contributed by atoms with Crippen molar-refractivity contribution in [2.24, 2.45) is 0 Å². The number of hydroxylamine groups is 3. The van der Waals surface area contributed by atoms with Gasteiger partial charge in [0.15, 0.2) is 0 Å². The van der Waals surface area contributed by atoms with Crippen molar-refractivity contribution in [3.8, 4) is 0 Å². The van der Waals surface area contributed by atoms with Crippen LogP contribution in [-0.2, 0) is 29.1 Å². The molecule has 3 saturated heterocycles. The highest BCUT2D eigenvalue weighted by Gasteiger charge is 2.49. The molecule has 14 nitrogen and oxygen atoms in total. The predicted molar refractivity (Wildman–Crippen MR) is 116 cm³/mol. The number of carbonyl (C=O) groups excluding carboxylic acids is 3. The van der Waals surface area contributed by atoms with Crippen molar-refractivity contribution < 1.29 is 41.2 Å². The van der Waals surface area contributed by atoms with Crippen LogP contribution in [-0.4, -0.2) is 114 Å². The fourth-order valence-corrected chi connectivity index (χ4v) is 4.56. The monoisotopic (exact) mass is 507 g/mol. The van der Waals surface area contributed by atoms with E-state index in [9.17, 15) is 22.8 Å². The fraction of sp³-hybridized carbons (Fsp3) is 0.842. The van der Waals surface area contributed by atoms with Crippen molar-refractivity contribution in [2.45, 2.75) is 57.7 Å². The van der Waals surface area contributed by atoms with E-state index >= 15 is 0 Å². The molecule has 3 fully saturated rings. The van der Waals surface area contributed by atoms with Gasteiger partial charge in [0.2, 0.25) is 0 Å². The van der Waals surface area contributed by atoms with E-state index in [1.165, 1.54) is 4.90 Å². The molecule has 0 aromatic heterocycles. The van der Waals surface area contributed by atoms with Gasteiger partial charge in [-0.2, -0.15) is 13.5 Å². The van der Waals surface area contributed by atoms with Crippen LogP contribution in [0, 0.1) is 0 Å². The minimum absolute atomic E-state index is 0.106. The quantitative estimate of drug-likeness (QED) is 0.272. The second-order valence-corrected chi connectivity index (χ2v) is 10.5. The normalized spacial score (nSPS) is 24.2. The molecule has 0 aromatic carbocycles. The Hall–Kier alpha value is -2.20. The van der Waals surface area contributed by atoms with E-state index in [0.29, 0.717) is 44.1 Å². The lowest BCUT2D eigenvalue weighted by atomic mass is 10.0. The minimum atomic E-state index is -4.84. The Balaban J connectivity index is 1.39. The molecule has 4 amide bonds. The molecule has 0 radical (unpaired) electrons. The molecule has 2 bridgehead atoms. The van der Waals surface area contributed by atoms with Crippen LogP contribution in [0.1, 0.15) is 40.0 Å². The van der Waals surface area contributed by atoms with Crippen LogP contribution in [0.15, 0.2) is 0 Å². The molecular weight excluding hydrogens is 474 g/mol. The molecule has 2 atom stereocenters. The number of nitrogens with one attached hydrogen (secondary N) is 1. The largest absolute Gasteiger partial charge is 0.444 e. The summed E-state index contributed by atoms with van der Waals surface area (Å²) >= 11 is 0. The van der Waals surface area contributed by atoms with Crippen molar-refractivity contribution >= 4 is 28.4 Å². The molecule has 15 heteroatoms. The van der Waals surface area contributed by atoms with E-state index in [1.807, 2.05) is 20.8 Å². The summed E-state index contributed by atoms with van der Waals surface area (Å²) in [6.45, 7) is 8.89.